The number of rotatable bonds is 5. The van der Waals surface area contributed by atoms with Crippen molar-refractivity contribution in [3.63, 3.8) is 0 Å². The van der Waals surface area contributed by atoms with Crippen LogP contribution in [0, 0.1) is 13.3 Å². The molecule has 0 unspecified atom stereocenters. The molecule has 0 spiro atoms. The number of hydrogen-bond acceptors (Lipinski definition) is 7. The maximum atomic E-state index is 5.50. The number of H-pyrrole nitrogens is 1. The van der Waals surface area contributed by atoms with Gasteiger partial charge in [-0.3, -0.25) is 9.78 Å². The van der Waals surface area contributed by atoms with E-state index in [1.807, 2.05) is 55.9 Å². The molecule has 30 heavy (non-hydrogen) atoms. The van der Waals surface area contributed by atoms with Crippen LogP contribution in [0.15, 0.2) is 36.5 Å². The number of ether oxygens (including phenoxy) is 1. The fourth-order valence-electron chi connectivity index (χ4n) is 3.25. The van der Waals surface area contributed by atoms with E-state index in [1.165, 1.54) is 0 Å². The minimum absolute atomic E-state index is 0.554. The summed E-state index contributed by atoms with van der Waals surface area (Å²) in [7, 11) is 1.90. The van der Waals surface area contributed by atoms with E-state index in [2.05, 4.69) is 41.9 Å². The number of aromatic amines is 1. The monoisotopic (exact) mass is 400 g/mol. The van der Waals surface area contributed by atoms with Gasteiger partial charge in [-0.1, -0.05) is 5.21 Å². The Hall–Kier alpha value is -4.08. The van der Waals surface area contributed by atoms with E-state index in [1.54, 1.807) is 10.9 Å². The quantitative estimate of drug-likeness (QED) is 0.482. The van der Waals surface area contributed by atoms with Crippen molar-refractivity contribution in [3.8, 4) is 34.1 Å². The Morgan fingerprint density at radius 1 is 1.17 bits per heavy atom. The summed E-state index contributed by atoms with van der Waals surface area (Å²) in [5, 5.41) is 20.3. The van der Waals surface area contributed by atoms with Gasteiger partial charge < -0.3 is 4.74 Å². The van der Waals surface area contributed by atoms with Gasteiger partial charge in [-0.15, -0.1) is 5.10 Å². The first-order chi connectivity index (χ1) is 14.7. The van der Waals surface area contributed by atoms with Crippen LogP contribution in [0.1, 0.15) is 12.6 Å². The summed E-state index contributed by atoms with van der Waals surface area (Å²) in [5.74, 6) is 0.795. The van der Waals surface area contributed by atoms with Crippen molar-refractivity contribution in [2.75, 3.05) is 6.61 Å². The number of aromatic nitrogens is 9. The molecular weight excluding hydrogens is 382 g/mol. The predicted molar refractivity (Wildman–Crippen MR) is 109 cm³/mol. The number of benzene rings is 1. The second-order valence-corrected chi connectivity index (χ2v) is 6.71. The molecule has 0 amide bonds. The average Bonchev–Trinajstić information content (AvgIpc) is 3.48. The van der Waals surface area contributed by atoms with Crippen LogP contribution in [-0.2, 0) is 7.05 Å². The van der Waals surface area contributed by atoms with Crippen LogP contribution in [0.3, 0.4) is 0 Å². The predicted octanol–water partition coefficient (Wildman–Crippen LogP) is 2.51. The second-order valence-electron chi connectivity index (χ2n) is 6.71. The average molecular weight is 400 g/mol. The molecule has 4 aromatic heterocycles. The zero-order valence-corrected chi connectivity index (χ0v) is 16.7. The summed E-state index contributed by atoms with van der Waals surface area (Å²) in [6.07, 6.45) is 4.50. The Kier molecular flexibility index (Phi) is 4.24. The molecule has 5 aromatic rings. The number of nitrogens with zero attached hydrogens (tertiary/aromatic N) is 8. The Bertz CT molecular complexity index is 1330. The zero-order chi connectivity index (χ0) is 20.7. The van der Waals surface area contributed by atoms with Crippen molar-refractivity contribution >= 4 is 11.2 Å². The Morgan fingerprint density at radius 3 is 2.73 bits per heavy atom. The van der Waals surface area contributed by atoms with E-state index in [0.717, 1.165) is 28.4 Å². The molecular formula is C20H18N9O. The van der Waals surface area contributed by atoms with Gasteiger partial charge in [-0.25, -0.2) is 9.97 Å². The van der Waals surface area contributed by atoms with E-state index in [0.29, 0.717) is 29.2 Å². The molecule has 0 saturated heterocycles. The van der Waals surface area contributed by atoms with Gasteiger partial charge in [0.1, 0.15) is 11.4 Å². The van der Waals surface area contributed by atoms with Gasteiger partial charge >= 0.3 is 0 Å². The summed E-state index contributed by atoms with van der Waals surface area (Å²) in [5.41, 5.74) is 5.96. The van der Waals surface area contributed by atoms with Crippen LogP contribution >= 0.6 is 0 Å². The first kappa shape index (κ1) is 18.0. The van der Waals surface area contributed by atoms with Gasteiger partial charge in [0.05, 0.1) is 29.9 Å². The third kappa shape index (κ3) is 2.89. The van der Waals surface area contributed by atoms with Crippen LogP contribution in [0.5, 0.6) is 5.75 Å². The smallest absolute Gasteiger partial charge is 0.200 e. The molecule has 1 N–H and O–H groups in total. The second kappa shape index (κ2) is 7.07. The van der Waals surface area contributed by atoms with Gasteiger partial charge in [0.15, 0.2) is 11.2 Å². The molecule has 0 saturated carbocycles. The lowest BCUT2D eigenvalue weighted by atomic mass is 10.1. The molecule has 0 aliphatic heterocycles. The molecule has 1 aromatic carbocycles. The molecule has 0 fully saturated rings. The highest BCUT2D eigenvalue weighted by molar-refractivity contribution is 5.86. The maximum absolute atomic E-state index is 5.50. The lowest BCUT2D eigenvalue weighted by molar-refractivity contribution is 0.340. The molecule has 4 heterocycles. The summed E-state index contributed by atoms with van der Waals surface area (Å²) in [6.45, 7) is 4.56. The van der Waals surface area contributed by atoms with E-state index in [-0.39, 0.29) is 0 Å². The third-order valence-corrected chi connectivity index (χ3v) is 4.93. The molecule has 1 radical (unpaired) electrons. The van der Waals surface area contributed by atoms with Gasteiger partial charge in [0, 0.05) is 18.3 Å². The molecule has 10 nitrogen and oxygen atoms in total. The molecule has 0 aliphatic rings. The lowest BCUT2D eigenvalue weighted by Crippen LogP contribution is -1.99. The minimum Gasteiger partial charge on any atom is -0.494 e. The van der Waals surface area contributed by atoms with Crippen LogP contribution in [0.2, 0.25) is 0 Å². The third-order valence-electron chi connectivity index (χ3n) is 4.93. The standard InChI is InChI=1S/C20H18N9O/c1-4-30-14-7-5-13(6-8-14)29-20-19(26-27-29)18(21-11-22-20)17-9-16(24-25-17)15-10-23-28(3)12(15)2/h5-10H,4H2,1-3H3,(H,24,25). The zero-order valence-electron chi connectivity index (χ0n) is 16.7. The minimum atomic E-state index is 0.554. The van der Waals surface area contributed by atoms with Crippen molar-refractivity contribution in [3.05, 3.63) is 48.5 Å². The van der Waals surface area contributed by atoms with Crippen LogP contribution in [0.25, 0.3) is 39.5 Å². The van der Waals surface area contributed by atoms with Gasteiger partial charge in [-0.2, -0.15) is 14.9 Å². The highest BCUT2D eigenvalue weighted by Gasteiger charge is 2.18. The number of aryl methyl sites for hydroxylation is 1. The van der Waals surface area contributed by atoms with Crippen LogP contribution in [0.4, 0.5) is 0 Å². The van der Waals surface area contributed by atoms with Gasteiger partial charge in [0.2, 0.25) is 6.33 Å². The summed E-state index contributed by atoms with van der Waals surface area (Å²) >= 11 is 0. The van der Waals surface area contributed by atoms with E-state index in [4.69, 9.17) is 4.74 Å². The molecule has 0 atom stereocenters. The summed E-state index contributed by atoms with van der Waals surface area (Å²) in [6, 6.07) is 9.49. The number of nitrogens with one attached hydrogen (secondary N) is 1. The highest BCUT2D eigenvalue weighted by Crippen LogP contribution is 2.28. The molecule has 10 heteroatoms. The number of hydrogen-bond donors (Lipinski definition) is 1. The van der Waals surface area contributed by atoms with Crippen LogP contribution < -0.4 is 4.74 Å². The highest BCUT2D eigenvalue weighted by atomic mass is 16.5. The fourth-order valence-corrected chi connectivity index (χ4v) is 3.25. The normalized spacial score (nSPS) is 11.3. The molecule has 0 bridgehead atoms. The largest absolute Gasteiger partial charge is 0.494 e. The Balaban J connectivity index is 1.55. The lowest BCUT2D eigenvalue weighted by Gasteiger charge is -2.05. The topological polar surface area (TPSA) is 112 Å². The van der Waals surface area contributed by atoms with Crippen molar-refractivity contribution in [1.29, 1.82) is 0 Å². The first-order valence-corrected chi connectivity index (χ1v) is 9.43. The molecule has 149 valence electrons. The fraction of sp³-hybridized carbons (Fsp3) is 0.200. The molecule has 5 rings (SSSR count). The van der Waals surface area contributed by atoms with Gasteiger partial charge in [-0.05, 0) is 44.2 Å². The Morgan fingerprint density at radius 2 is 2.00 bits per heavy atom. The van der Waals surface area contributed by atoms with Crippen LogP contribution in [-0.4, -0.2) is 51.5 Å². The van der Waals surface area contributed by atoms with E-state index in [9.17, 15) is 0 Å². The summed E-state index contributed by atoms with van der Waals surface area (Å²) < 4.78 is 8.95. The van der Waals surface area contributed by atoms with Crippen molar-refractivity contribution in [1.82, 2.24) is 44.9 Å². The van der Waals surface area contributed by atoms with Crippen molar-refractivity contribution < 1.29 is 4.74 Å². The summed E-state index contributed by atoms with van der Waals surface area (Å²) in [4.78, 5) is 8.56. The maximum Gasteiger partial charge on any atom is 0.200 e. The SMILES string of the molecule is CCOc1ccc(-n2nnc3c(-c4cc(-c5cnn(C)c5C)n[nH]4)n[c]nc32)cc1. The molecule has 0 aliphatic carbocycles. The Labute approximate surface area is 171 Å². The van der Waals surface area contributed by atoms with E-state index < -0.39 is 0 Å². The van der Waals surface area contributed by atoms with E-state index >= 15 is 0 Å². The van der Waals surface area contributed by atoms with Crippen molar-refractivity contribution in [2.24, 2.45) is 7.05 Å². The number of fused-ring (bicyclic) bond motifs is 1. The van der Waals surface area contributed by atoms with Crippen molar-refractivity contribution in [2.45, 2.75) is 13.8 Å². The first-order valence-electron chi connectivity index (χ1n) is 9.43. The van der Waals surface area contributed by atoms with Gasteiger partial charge in [0.25, 0.3) is 0 Å².